The molecule has 4 rings (SSSR count). The Morgan fingerprint density at radius 3 is 2.17 bits per heavy atom. The predicted octanol–water partition coefficient (Wildman–Crippen LogP) is 3.29. The average Bonchev–Trinajstić information content (AvgIpc) is 2.78. The van der Waals surface area contributed by atoms with Crippen molar-refractivity contribution in [2.75, 3.05) is 0 Å². The van der Waals surface area contributed by atoms with Gasteiger partial charge in [-0.15, -0.1) is 0 Å². The molecule has 0 aliphatic carbocycles. The van der Waals surface area contributed by atoms with E-state index in [0.29, 0.717) is 25.1 Å². The topological polar surface area (TPSA) is 44.2 Å². The Morgan fingerprint density at radius 2 is 1.34 bits per heavy atom. The maximum atomic E-state index is 5.87. The molecule has 0 N–H and O–H groups in total. The van der Waals surface area contributed by atoms with Crippen LogP contribution in [0.3, 0.4) is 0 Å². The first-order chi connectivity index (χ1) is 14.3. The molecule has 4 aromatic rings. The van der Waals surface area contributed by atoms with Crippen LogP contribution in [-0.2, 0) is 13.2 Å². The Kier molecular flexibility index (Phi) is 6.53. The maximum absolute atomic E-state index is 5.87. The summed E-state index contributed by atoms with van der Waals surface area (Å²) in [5.41, 5.74) is 2.19. The standard InChI is InChI=1S/C24H20N2O2Se/c1-3-8-19(9-4-1)17-28-24-25-15-14-23(26-24)27-18-20-10-7-13-22(16-20)29-21-11-5-2-6-12-21/h1-16H,17-18H2. The predicted molar refractivity (Wildman–Crippen MR) is 115 cm³/mol. The van der Waals surface area contributed by atoms with E-state index in [2.05, 4.69) is 58.5 Å². The van der Waals surface area contributed by atoms with Crippen molar-refractivity contribution in [3.05, 3.63) is 108 Å². The van der Waals surface area contributed by atoms with E-state index in [9.17, 15) is 0 Å². The number of nitrogens with zero attached hydrogens (tertiary/aromatic N) is 2. The van der Waals surface area contributed by atoms with Gasteiger partial charge < -0.3 is 0 Å². The second kappa shape index (κ2) is 9.87. The minimum atomic E-state index is 0.282. The second-order valence-electron chi connectivity index (χ2n) is 6.30. The summed E-state index contributed by atoms with van der Waals surface area (Å²) < 4.78 is 14.2. The third kappa shape index (κ3) is 5.92. The average molecular weight is 447 g/mol. The van der Waals surface area contributed by atoms with E-state index >= 15 is 0 Å². The molecule has 0 spiro atoms. The van der Waals surface area contributed by atoms with E-state index in [1.54, 1.807) is 12.3 Å². The first kappa shape index (κ1) is 19.2. The van der Waals surface area contributed by atoms with Crippen LogP contribution in [0.2, 0.25) is 0 Å². The van der Waals surface area contributed by atoms with Gasteiger partial charge in [-0.1, -0.05) is 18.2 Å². The molecule has 0 fully saturated rings. The summed E-state index contributed by atoms with van der Waals surface area (Å²) >= 11 is 0.282. The summed E-state index contributed by atoms with van der Waals surface area (Å²) in [4.78, 5) is 8.50. The smallest absolute Gasteiger partial charge is 0.0619 e. The van der Waals surface area contributed by atoms with Crippen LogP contribution in [0, 0.1) is 0 Å². The third-order valence-corrected chi connectivity index (χ3v) is 6.18. The van der Waals surface area contributed by atoms with Crippen molar-refractivity contribution in [1.82, 2.24) is 9.97 Å². The van der Waals surface area contributed by atoms with Gasteiger partial charge in [0, 0.05) is 0 Å². The molecule has 0 radical (unpaired) electrons. The van der Waals surface area contributed by atoms with Crippen LogP contribution in [0.25, 0.3) is 0 Å². The molecular formula is C24H20N2O2Se. The van der Waals surface area contributed by atoms with E-state index in [4.69, 9.17) is 9.47 Å². The number of hydrogen-bond donors (Lipinski definition) is 0. The molecule has 0 saturated carbocycles. The zero-order valence-corrected chi connectivity index (χ0v) is 17.5. The molecular weight excluding hydrogens is 427 g/mol. The van der Waals surface area contributed by atoms with Gasteiger partial charge in [0.05, 0.1) is 0 Å². The monoisotopic (exact) mass is 448 g/mol. The summed E-state index contributed by atoms with van der Waals surface area (Å²) in [6.07, 6.45) is 1.65. The van der Waals surface area contributed by atoms with Crippen molar-refractivity contribution in [3.8, 4) is 11.9 Å². The van der Waals surface area contributed by atoms with Gasteiger partial charge in [0.1, 0.15) is 0 Å². The Bertz CT molecular complexity index is 1040. The van der Waals surface area contributed by atoms with Crippen LogP contribution in [0.1, 0.15) is 11.1 Å². The minimum Gasteiger partial charge on any atom is -0.0619 e. The van der Waals surface area contributed by atoms with Crippen LogP contribution in [-0.4, -0.2) is 24.9 Å². The molecule has 0 amide bonds. The van der Waals surface area contributed by atoms with E-state index in [-0.39, 0.29) is 15.0 Å². The molecule has 144 valence electrons. The summed E-state index contributed by atoms with van der Waals surface area (Å²) in [5, 5.41) is 0. The molecule has 4 nitrogen and oxygen atoms in total. The summed E-state index contributed by atoms with van der Waals surface area (Å²) in [7, 11) is 0. The quantitative estimate of drug-likeness (QED) is 0.389. The fraction of sp³-hybridized carbons (Fsp3) is 0.0833. The molecule has 29 heavy (non-hydrogen) atoms. The van der Waals surface area contributed by atoms with Crippen molar-refractivity contribution in [2.24, 2.45) is 0 Å². The molecule has 0 aliphatic rings. The summed E-state index contributed by atoms with van der Waals surface area (Å²) in [5.74, 6) is 0.502. The van der Waals surface area contributed by atoms with Crippen LogP contribution in [0.4, 0.5) is 0 Å². The van der Waals surface area contributed by atoms with Gasteiger partial charge in [-0.05, 0) is 0 Å². The van der Waals surface area contributed by atoms with E-state index in [1.807, 2.05) is 36.4 Å². The van der Waals surface area contributed by atoms with Gasteiger partial charge >= 0.3 is 159 Å². The number of aromatic nitrogens is 2. The first-order valence-corrected chi connectivity index (χ1v) is 11.0. The van der Waals surface area contributed by atoms with Gasteiger partial charge in [0.2, 0.25) is 0 Å². The molecule has 1 heterocycles. The number of rotatable bonds is 8. The summed E-state index contributed by atoms with van der Waals surface area (Å²) in [6, 6.07) is 31.0. The van der Waals surface area contributed by atoms with Crippen LogP contribution in [0.5, 0.6) is 11.9 Å². The molecule has 1 aromatic heterocycles. The van der Waals surface area contributed by atoms with Gasteiger partial charge in [0.25, 0.3) is 0 Å². The Labute approximate surface area is 176 Å². The van der Waals surface area contributed by atoms with Crippen LogP contribution in [0.15, 0.2) is 97.2 Å². The van der Waals surface area contributed by atoms with Crippen LogP contribution >= 0.6 is 0 Å². The van der Waals surface area contributed by atoms with E-state index < -0.39 is 0 Å². The normalized spacial score (nSPS) is 10.5. The molecule has 0 saturated heterocycles. The summed E-state index contributed by atoms with van der Waals surface area (Å²) in [6.45, 7) is 0.877. The van der Waals surface area contributed by atoms with Gasteiger partial charge in [0.15, 0.2) is 0 Å². The van der Waals surface area contributed by atoms with Gasteiger partial charge in [-0.2, -0.15) is 0 Å². The molecule has 0 aliphatic heterocycles. The van der Waals surface area contributed by atoms with Gasteiger partial charge in [-0.25, -0.2) is 0 Å². The van der Waals surface area contributed by atoms with E-state index in [1.165, 1.54) is 8.92 Å². The number of hydrogen-bond acceptors (Lipinski definition) is 4. The minimum absolute atomic E-state index is 0.282. The Morgan fingerprint density at radius 1 is 0.655 bits per heavy atom. The zero-order chi connectivity index (χ0) is 19.7. The third-order valence-electron chi connectivity index (χ3n) is 4.08. The molecule has 3 aromatic carbocycles. The van der Waals surface area contributed by atoms with Crippen molar-refractivity contribution in [2.45, 2.75) is 13.2 Å². The Hall–Kier alpha value is -3.14. The fourth-order valence-corrected chi connectivity index (χ4v) is 4.61. The van der Waals surface area contributed by atoms with Crippen molar-refractivity contribution < 1.29 is 9.47 Å². The van der Waals surface area contributed by atoms with Gasteiger partial charge in [-0.3, -0.25) is 0 Å². The zero-order valence-electron chi connectivity index (χ0n) is 15.8. The molecule has 0 unspecified atom stereocenters. The van der Waals surface area contributed by atoms with Crippen molar-refractivity contribution in [3.63, 3.8) is 0 Å². The van der Waals surface area contributed by atoms with Crippen molar-refractivity contribution in [1.29, 1.82) is 0 Å². The second-order valence-corrected chi connectivity index (χ2v) is 8.71. The SMILES string of the molecule is c1ccc(COc2nccc(OCc3cccc([Se]c4ccccc4)c3)n2)cc1. The van der Waals surface area contributed by atoms with Crippen LogP contribution < -0.4 is 18.4 Å². The molecule has 5 heteroatoms. The van der Waals surface area contributed by atoms with E-state index in [0.717, 1.165) is 11.1 Å². The number of benzene rings is 3. The fourth-order valence-electron chi connectivity index (χ4n) is 2.68. The molecule has 0 bridgehead atoms. The number of ether oxygens (including phenoxy) is 2. The first-order valence-electron chi connectivity index (χ1n) is 9.29. The molecule has 0 atom stereocenters. The Balaban J connectivity index is 1.35. The van der Waals surface area contributed by atoms with Crippen molar-refractivity contribution >= 4 is 23.9 Å².